The molecule has 118 heavy (non-hydrogen) atoms. The van der Waals surface area contributed by atoms with Gasteiger partial charge in [-0.3, -0.25) is 29.0 Å². The molecule has 4 aliphatic rings. The number of ether oxygens (including phenoxy) is 8. The summed E-state index contributed by atoms with van der Waals surface area (Å²) in [5, 5.41) is 0. The van der Waals surface area contributed by atoms with E-state index in [-0.39, 0.29) is 23.1 Å². The third-order valence-corrected chi connectivity index (χ3v) is 21.4. The number of nitrogens with zero attached hydrogens (tertiary/aromatic N) is 8. The number of ketones is 4. The van der Waals surface area contributed by atoms with Crippen molar-refractivity contribution in [3.8, 4) is 90.5 Å². The van der Waals surface area contributed by atoms with Crippen LogP contribution in [0, 0.1) is 0 Å². The lowest BCUT2D eigenvalue weighted by Gasteiger charge is -2.21. The van der Waals surface area contributed by atoms with Gasteiger partial charge in [-0.2, -0.15) is 0 Å². The maximum absolute atomic E-state index is 13.2. The molecule has 0 unspecified atom stereocenters. The van der Waals surface area contributed by atoms with E-state index in [0.29, 0.717) is 91.8 Å². The fourth-order valence-electron chi connectivity index (χ4n) is 15.1. The molecule has 0 bridgehead atoms. The molecule has 0 fully saturated rings. The molecular weight excluding hydrogens is 1480 g/mol. The van der Waals surface area contributed by atoms with E-state index in [2.05, 4.69) is 109 Å². The van der Waals surface area contributed by atoms with Crippen LogP contribution in [0.1, 0.15) is 158 Å². The summed E-state index contributed by atoms with van der Waals surface area (Å²) in [6.07, 6.45) is 6.46. The molecule has 0 amide bonds. The van der Waals surface area contributed by atoms with Crippen LogP contribution in [-0.4, -0.2) is 276 Å². The smallest absolute Gasteiger partial charge is 0.194 e. The van der Waals surface area contributed by atoms with Crippen molar-refractivity contribution in [1.82, 2.24) is 39.2 Å². The van der Waals surface area contributed by atoms with Gasteiger partial charge in [-0.05, 0) is 267 Å². The molecule has 0 saturated carbocycles. The first-order chi connectivity index (χ1) is 57.2. The van der Waals surface area contributed by atoms with Gasteiger partial charge in [0.05, 0.1) is 13.2 Å². The lowest BCUT2D eigenvalue weighted by atomic mass is 10.0. The minimum Gasteiger partial charge on any atom is -0.494 e. The summed E-state index contributed by atoms with van der Waals surface area (Å²) in [7, 11) is 16.2. The highest BCUT2D eigenvalue weighted by molar-refractivity contribution is 6.25. The Labute approximate surface area is 704 Å². The van der Waals surface area contributed by atoms with Crippen molar-refractivity contribution in [2.75, 3.05) is 214 Å². The van der Waals surface area contributed by atoms with Crippen molar-refractivity contribution in [1.29, 1.82) is 0 Å². The molecule has 0 spiro atoms. The first-order valence-corrected chi connectivity index (χ1v) is 43.0. The number of carbonyl (C=O) groups excluding carboxylic acids is 4. The van der Waals surface area contributed by atoms with E-state index in [1.165, 1.54) is 0 Å². The minimum atomic E-state index is 0.0334. The Bertz CT molecular complexity index is 4540. The molecule has 0 aliphatic heterocycles. The van der Waals surface area contributed by atoms with Crippen LogP contribution in [0.5, 0.6) is 46.0 Å². The third kappa shape index (κ3) is 25.3. The van der Waals surface area contributed by atoms with Crippen LogP contribution in [0.2, 0.25) is 0 Å². The van der Waals surface area contributed by atoms with Crippen molar-refractivity contribution < 1.29 is 57.1 Å². The highest BCUT2D eigenvalue weighted by Gasteiger charge is 2.35. The summed E-state index contributed by atoms with van der Waals surface area (Å²) >= 11 is 0. The average Bonchev–Trinajstić information content (AvgIpc) is 1.63. The number of hydrogen-bond acceptors (Lipinski definition) is 20. The molecule has 4 aliphatic carbocycles. The van der Waals surface area contributed by atoms with Gasteiger partial charge in [0.15, 0.2) is 23.1 Å². The van der Waals surface area contributed by atoms with Gasteiger partial charge in [0, 0.05) is 119 Å². The number of fused-ring (bicyclic) bond motifs is 12. The van der Waals surface area contributed by atoms with E-state index in [1.807, 2.05) is 188 Å². The molecule has 20 nitrogen and oxygen atoms in total. The molecule has 0 radical (unpaired) electrons. The van der Waals surface area contributed by atoms with Gasteiger partial charge >= 0.3 is 0 Å². The molecule has 636 valence electrons. The quantitative estimate of drug-likeness (QED) is 0.0330. The predicted molar refractivity (Wildman–Crippen MR) is 478 cm³/mol. The maximum Gasteiger partial charge on any atom is 0.194 e. The Morgan fingerprint density at radius 2 is 0.449 bits per heavy atom. The minimum absolute atomic E-state index is 0.0334. The van der Waals surface area contributed by atoms with Crippen molar-refractivity contribution in [3.63, 3.8) is 0 Å². The number of rotatable bonds is 46. The second kappa shape index (κ2) is 47.3. The summed E-state index contributed by atoms with van der Waals surface area (Å²) in [6, 6.07) is 46.1. The van der Waals surface area contributed by atoms with E-state index in [0.717, 1.165) is 239 Å². The maximum atomic E-state index is 13.2. The Morgan fingerprint density at radius 1 is 0.220 bits per heavy atom. The van der Waals surface area contributed by atoms with Crippen LogP contribution in [0.4, 0.5) is 0 Å². The summed E-state index contributed by atoms with van der Waals surface area (Å²) in [5.74, 6) is 6.25. The van der Waals surface area contributed by atoms with E-state index >= 15 is 0 Å². The van der Waals surface area contributed by atoms with Crippen LogP contribution in [0.25, 0.3) is 44.5 Å². The fourth-order valence-corrected chi connectivity index (χ4v) is 15.1. The van der Waals surface area contributed by atoms with Crippen LogP contribution in [0.3, 0.4) is 0 Å². The Kier molecular flexibility index (Phi) is 37.1. The van der Waals surface area contributed by atoms with Gasteiger partial charge in [-0.1, -0.05) is 104 Å². The summed E-state index contributed by atoms with van der Waals surface area (Å²) < 4.78 is 47.9. The second-order valence-corrected chi connectivity index (χ2v) is 31.3. The standard InChI is InChI=1S/C29H42N2O3.C25H34N2O3.C23H30N2O3.C21H26N2O3/c1-5-14-30(15-6-2)18-20-33-23-12-13-24-26(22-23)29(32)25-10-9-11-27(28(24)25)34-21-19-31(16-7-3)17-8-4;1-5-26(6-2)14-16-29-19-12-13-20-22(18-19)25(28)21-10-9-11-23(24(20)21)30-17-15-27(7-3)8-4;1-24(2)12-6-14-27-17-10-11-18-20(16-17)23(26)19-8-5-9-21(22(18)19)28-15-7-13-25(3)4;1-22(2)10-12-25-15-8-9-16-18(14-15)21(24)17-6-5-7-19(20(16)17)26-13-11-23(3)4/h9-13,22H,5-8,14-21H2,1-4H3;9-13,18H,5-8,14-17H2,1-4H3;5,8-11,16H,6-7,12-15H2,1-4H3;5-9,14H,10-13H2,1-4H3. The van der Waals surface area contributed by atoms with Crippen molar-refractivity contribution in [3.05, 3.63) is 190 Å². The second-order valence-electron chi connectivity index (χ2n) is 31.3. The van der Waals surface area contributed by atoms with Crippen LogP contribution in [-0.2, 0) is 0 Å². The topological polar surface area (TPSA) is 168 Å². The Balaban J connectivity index is 0.000000180. The van der Waals surface area contributed by atoms with Crippen molar-refractivity contribution >= 4 is 23.1 Å². The number of carbonyl (C=O) groups is 4. The number of benzene rings is 8. The van der Waals surface area contributed by atoms with E-state index < -0.39 is 0 Å². The van der Waals surface area contributed by atoms with Gasteiger partial charge in [0.2, 0.25) is 0 Å². The molecule has 8 aromatic rings. The van der Waals surface area contributed by atoms with Crippen molar-refractivity contribution in [2.24, 2.45) is 0 Å². The van der Waals surface area contributed by atoms with Gasteiger partial charge in [-0.15, -0.1) is 0 Å². The molecule has 0 N–H and O–H groups in total. The number of hydrogen-bond donors (Lipinski definition) is 0. The van der Waals surface area contributed by atoms with Gasteiger partial charge < -0.3 is 67.3 Å². The molecule has 0 saturated heterocycles. The third-order valence-electron chi connectivity index (χ3n) is 21.4. The molecule has 0 atom stereocenters. The van der Waals surface area contributed by atoms with Crippen LogP contribution < -0.4 is 37.9 Å². The molecule has 0 heterocycles. The van der Waals surface area contributed by atoms with Crippen LogP contribution >= 0.6 is 0 Å². The average molecular weight is 1610 g/mol. The monoisotopic (exact) mass is 1610 g/mol. The molecule has 0 aromatic heterocycles. The largest absolute Gasteiger partial charge is 0.494 e. The molecule has 12 rings (SSSR count). The first kappa shape index (κ1) is 92.4. The Morgan fingerprint density at radius 3 is 0.712 bits per heavy atom. The van der Waals surface area contributed by atoms with Gasteiger partial charge in [-0.25, -0.2) is 0 Å². The Hall–Kier alpha value is -9.48. The predicted octanol–water partition coefficient (Wildman–Crippen LogP) is 16.6. The fraction of sp³-hybridized carbons (Fsp3) is 0.469. The van der Waals surface area contributed by atoms with Crippen LogP contribution in [0.15, 0.2) is 146 Å². The normalized spacial score (nSPS) is 12.4. The zero-order chi connectivity index (χ0) is 84.6. The summed E-state index contributed by atoms with van der Waals surface area (Å²) in [5.41, 5.74) is 13.0. The highest BCUT2D eigenvalue weighted by atomic mass is 16.5. The lowest BCUT2D eigenvalue weighted by Crippen LogP contribution is -2.30. The lowest BCUT2D eigenvalue weighted by molar-refractivity contribution is 0.103. The highest BCUT2D eigenvalue weighted by Crippen LogP contribution is 2.48. The summed E-state index contributed by atoms with van der Waals surface area (Å²) in [4.78, 5) is 69.8. The zero-order valence-corrected chi connectivity index (χ0v) is 73.5. The molecular formula is C98H132N8O12. The summed E-state index contributed by atoms with van der Waals surface area (Å²) in [6.45, 7) is 37.9. The van der Waals surface area contributed by atoms with E-state index in [4.69, 9.17) is 37.9 Å². The SMILES string of the molecule is CCCN(CCC)CCOc1ccc2c(c1)C(=O)c1cccc(OCCN(CCC)CCC)c1-2.CCN(CC)CCOc1ccc2c(c1)C(=O)c1cccc(OCCN(CC)CC)c1-2.CN(C)CCCOc1ccc2c(c1)C(=O)c1cccc(OCCCN(C)C)c1-2.CN(C)CCOc1ccc2c(c1)C(=O)c1cccc(OCCN(C)C)c1-2. The van der Waals surface area contributed by atoms with Gasteiger partial charge in [0.1, 0.15) is 85.6 Å². The zero-order valence-electron chi connectivity index (χ0n) is 73.5. The molecule has 20 heteroatoms. The first-order valence-electron chi connectivity index (χ1n) is 43.0. The van der Waals surface area contributed by atoms with E-state index in [1.54, 1.807) is 0 Å². The molecule has 8 aromatic carbocycles. The van der Waals surface area contributed by atoms with Crippen molar-refractivity contribution in [2.45, 2.75) is 93.9 Å². The van der Waals surface area contributed by atoms with E-state index in [9.17, 15) is 19.2 Å². The number of likely N-dealkylation sites (N-methyl/N-ethyl adjacent to an activating group) is 4. The van der Waals surface area contributed by atoms with Gasteiger partial charge in [0.25, 0.3) is 0 Å².